The molecular weight excluding hydrogens is 272 g/mol. The van der Waals surface area contributed by atoms with Gasteiger partial charge in [-0.1, -0.05) is 11.6 Å². The van der Waals surface area contributed by atoms with Gasteiger partial charge in [0.25, 0.3) is 0 Å². The van der Waals surface area contributed by atoms with Crippen molar-refractivity contribution in [1.29, 1.82) is 0 Å². The van der Waals surface area contributed by atoms with E-state index in [9.17, 15) is 4.79 Å². The number of hydrogen-bond acceptors (Lipinski definition) is 4. The number of carbonyl (C=O) groups excluding carboxylic acids is 1. The molecule has 4 nitrogen and oxygen atoms in total. The minimum atomic E-state index is -0.190. The van der Waals surface area contributed by atoms with E-state index in [2.05, 4.69) is 5.32 Å². The van der Waals surface area contributed by atoms with Crippen molar-refractivity contribution in [3.8, 4) is 0 Å². The molecule has 1 rings (SSSR count). The number of hydrogen-bond donors (Lipinski definition) is 3. The average Bonchev–Trinajstić information content (AvgIpc) is 2.32. The molecule has 4 N–H and O–H groups in total. The maximum absolute atomic E-state index is 11.9. The lowest BCUT2D eigenvalue weighted by Gasteiger charge is -2.12. The van der Waals surface area contributed by atoms with Crippen LogP contribution >= 0.6 is 23.4 Å². The number of nitrogens with two attached hydrogens (primary N) is 1. The van der Waals surface area contributed by atoms with Gasteiger partial charge >= 0.3 is 0 Å². The molecule has 1 amide bonds. The number of thioether (sulfide) groups is 1. The van der Waals surface area contributed by atoms with Crippen molar-refractivity contribution in [3.63, 3.8) is 0 Å². The summed E-state index contributed by atoms with van der Waals surface area (Å²) in [5, 5.41) is 11.7. The monoisotopic (exact) mass is 288 g/mol. The Labute approximate surface area is 116 Å². The molecule has 0 radical (unpaired) electrons. The fourth-order valence-electron chi connectivity index (χ4n) is 1.27. The molecular formula is C12H17ClN2O2S. The highest BCUT2D eigenvalue weighted by Gasteiger charge is 2.14. The molecule has 0 aliphatic carbocycles. The lowest BCUT2D eigenvalue weighted by atomic mass is 10.2. The first-order chi connectivity index (χ1) is 8.54. The SMILES string of the molecule is CC(SCCCO)C(=O)Nc1ccc(N)cc1Cl. The summed E-state index contributed by atoms with van der Waals surface area (Å²) in [5.74, 6) is 0.644. The summed E-state index contributed by atoms with van der Waals surface area (Å²) < 4.78 is 0. The summed E-state index contributed by atoms with van der Waals surface area (Å²) in [6, 6.07) is 4.96. The van der Waals surface area contributed by atoms with Crippen LogP contribution in [0.3, 0.4) is 0 Å². The second kappa shape index (κ2) is 7.51. The largest absolute Gasteiger partial charge is 0.399 e. The maximum atomic E-state index is 11.9. The number of rotatable bonds is 6. The van der Waals surface area contributed by atoms with Gasteiger partial charge in [0.2, 0.25) is 5.91 Å². The standard InChI is InChI=1S/C12H17ClN2O2S/c1-8(18-6-2-5-16)12(17)15-11-4-3-9(14)7-10(11)13/h3-4,7-8,16H,2,5-6,14H2,1H3,(H,15,17). The number of nitrogens with one attached hydrogen (secondary N) is 1. The van der Waals surface area contributed by atoms with E-state index in [1.165, 1.54) is 11.8 Å². The molecule has 1 unspecified atom stereocenters. The van der Waals surface area contributed by atoms with E-state index in [0.717, 1.165) is 5.75 Å². The van der Waals surface area contributed by atoms with Gasteiger partial charge in [0.15, 0.2) is 0 Å². The molecule has 1 aromatic carbocycles. The predicted molar refractivity (Wildman–Crippen MR) is 78.1 cm³/mol. The first kappa shape index (κ1) is 15.1. The molecule has 0 spiro atoms. The van der Waals surface area contributed by atoms with Crippen molar-refractivity contribution < 1.29 is 9.90 Å². The van der Waals surface area contributed by atoms with E-state index in [4.69, 9.17) is 22.4 Å². The minimum absolute atomic E-state index is 0.107. The zero-order valence-electron chi connectivity index (χ0n) is 10.1. The normalized spacial score (nSPS) is 12.2. The molecule has 0 bridgehead atoms. The van der Waals surface area contributed by atoms with Crippen LogP contribution in [0.4, 0.5) is 11.4 Å². The van der Waals surface area contributed by atoms with Crippen LogP contribution < -0.4 is 11.1 Å². The molecule has 0 saturated carbocycles. The second-order valence-electron chi connectivity index (χ2n) is 3.82. The molecule has 100 valence electrons. The van der Waals surface area contributed by atoms with Gasteiger partial charge in [-0.15, -0.1) is 11.8 Å². The number of nitrogen functional groups attached to an aromatic ring is 1. The molecule has 0 saturated heterocycles. The van der Waals surface area contributed by atoms with Crippen molar-refractivity contribution in [2.75, 3.05) is 23.4 Å². The van der Waals surface area contributed by atoms with Gasteiger partial charge < -0.3 is 16.2 Å². The van der Waals surface area contributed by atoms with Crippen LogP contribution in [0.5, 0.6) is 0 Å². The maximum Gasteiger partial charge on any atom is 0.237 e. The highest BCUT2D eigenvalue weighted by atomic mass is 35.5. The Morgan fingerprint density at radius 2 is 2.33 bits per heavy atom. The number of aliphatic hydroxyl groups is 1. The fourth-order valence-corrected chi connectivity index (χ4v) is 2.36. The van der Waals surface area contributed by atoms with Crippen LogP contribution in [0, 0.1) is 0 Å². The Morgan fingerprint density at radius 1 is 1.61 bits per heavy atom. The van der Waals surface area contributed by atoms with Gasteiger partial charge in [-0.2, -0.15) is 0 Å². The lowest BCUT2D eigenvalue weighted by Crippen LogP contribution is -2.23. The molecule has 0 aliphatic heterocycles. The van der Waals surface area contributed by atoms with Gasteiger partial charge in [0.1, 0.15) is 0 Å². The Kier molecular flexibility index (Phi) is 6.32. The fraction of sp³-hybridized carbons (Fsp3) is 0.417. The first-order valence-electron chi connectivity index (χ1n) is 5.63. The molecule has 1 atom stereocenters. The van der Waals surface area contributed by atoms with Crippen LogP contribution in [0.15, 0.2) is 18.2 Å². The number of amides is 1. The first-order valence-corrected chi connectivity index (χ1v) is 7.05. The summed E-state index contributed by atoms with van der Waals surface area (Å²) in [6.45, 7) is 1.97. The summed E-state index contributed by atoms with van der Waals surface area (Å²) in [6.07, 6.45) is 0.685. The third kappa shape index (κ3) is 4.76. The lowest BCUT2D eigenvalue weighted by molar-refractivity contribution is -0.115. The van der Waals surface area contributed by atoms with Crippen LogP contribution in [-0.4, -0.2) is 28.6 Å². The molecule has 0 heterocycles. The second-order valence-corrected chi connectivity index (χ2v) is 5.67. The Bertz CT molecular complexity index is 415. The summed E-state index contributed by atoms with van der Waals surface area (Å²) in [7, 11) is 0. The van der Waals surface area contributed by atoms with Crippen molar-refractivity contribution in [2.45, 2.75) is 18.6 Å². The zero-order valence-corrected chi connectivity index (χ0v) is 11.7. The van der Waals surface area contributed by atoms with Gasteiger partial charge in [-0.25, -0.2) is 0 Å². The van der Waals surface area contributed by atoms with Crippen LogP contribution in [0.2, 0.25) is 5.02 Å². The predicted octanol–water partition coefficient (Wildman–Crippen LogP) is 2.36. The van der Waals surface area contributed by atoms with E-state index in [0.29, 0.717) is 22.8 Å². The van der Waals surface area contributed by atoms with Crippen LogP contribution in [0.1, 0.15) is 13.3 Å². The summed E-state index contributed by atoms with van der Waals surface area (Å²) in [5.41, 5.74) is 6.69. The quantitative estimate of drug-likeness (QED) is 0.555. The summed E-state index contributed by atoms with van der Waals surface area (Å²) in [4.78, 5) is 11.9. The van der Waals surface area contributed by atoms with E-state index in [-0.39, 0.29) is 17.8 Å². The van der Waals surface area contributed by atoms with Gasteiger partial charge in [0.05, 0.1) is 16.0 Å². The third-order valence-corrected chi connectivity index (χ3v) is 3.84. The van der Waals surface area contributed by atoms with Crippen molar-refractivity contribution in [2.24, 2.45) is 0 Å². The topological polar surface area (TPSA) is 75.3 Å². The van der Waals surface area contributed by atoms with Gasteiger partial charge in [0, 0.05) is 12.3 Å². The Hall–Kier alpha value is -0.910. The highest BCUT2D eigenvalue weighted by molar-refractivity contribution is 8.00. The average molecular weight is 289 g/mol. The van der Waals surface area contributed by atoms with Crippen molar-refractivity contribution in [1.82, 2.24) is 0 Å². The molecule has 1 aromatic rings. The number of aliphatic hydroxyl groups excluding tert-OH is 1. The number of carbonyl (C=O) groups is 1. The Morgan fingerprint density at radius 3 is 2.94 bits per heavy atom. The zero-order chi connectivity index (χ0) is 13.5. The van der Waals surface area contributed by atoms with Crippen molar-refractivity contribution in [3.05, 3.63) is 23.2 Å². The third-order valence-electron chi connectivity index (χ3n) is 2.29. The highest BCUT2D eigenvalue weighted by Crippen LogP contribution is 2.25. The van der Waals surface area contributed by atoms with Gasteiger partial charge in [-0.05, 0) is 37.3 Å². The Balaban J connectivity index is 2.53. The molecule has 0 aromatic heterocycles. The van der Waals surface area contributed by atoms with E-state index >= 15 is 0 Å². The molecule has 0 fully saturated rings. The summed E-state index contributed by atoms with van der Waals surface area (Å²) >= 11 is 7.47. The molecule has 0 aliphatic rings. The van der Waals surface area contributed by atoms with Gasteiger partial charge in [-0.3, -0.25) is 4.79 Å². The minimum Gasteiger partial charge on any atom is -0.399 e. The molecule has 18 heavy (non-hydrogen) atoms. The number of halogens is 1. The molecule has 6 heteroatoms. The smallest absolute Gasteiger partial charge is 0.237 e. The van der Waals surface area contributed by atoms with Crippen LogP contribution in [0.25, 0.3) is 0 Å². The van der Waals surface area contributed by atoms with E-state index in [1.807, 2.05) is 6.92 Å². The van der Waals surface area contributed by atoms with Crippen molar-refractivity contribution >= 4 is 40.6 Å². The number of anilines is 2. The van der Waals surface area contributed by atoms with E-state index in [1.54, 1.807) is 18.2 Å². The van der Waals surface area contributed by atoms with Crippen LogP contribution in [-0.2, 0) is 4.79 Å². The van der Waals surface area contributed by atoms with E-state index < -0.39 is 0 Å². The number of benzene rings is 1.